The van der Waals surface area contributed by atoms with Crippen LogP contribution in [0.25, 0.3) is 0 Å². The van der Waals surface area contributed by atoms with Crippen molar-refractivity contribution < 1.29 is 28.2 Å². The molecule has 0 heterocycles. The normalized spacial score (nSPS) is 11.0. The Labute approximate surface area is 109 Å². The predicted octanol–water partition coefficient (Wildman–Crippen LogP) is 0.833. The molecule has 0 aliphatic heterocycles. The third kappa shape index (κ3) is 3.91. The maximum absolute atomic E-state index is 12.6. The number of hydrogen-bond acceptors (Lipinski definition) is 4. The average Bonchev–Trinajstić information content (AvgIpc) is 2.25. The van der Waals surface area contributed by atoms with Crippen LogP contribution in [-0.2, 0) is 9.53 Å². The fourth-order valence-electron chi connectivity index (χ4n) is 0.914. The average molecular weight is 355 g/mol. The summed E-state index contributed by atoms with van der Waals surface area (Å²) < 4.78 is 30.0. The fraction of sp³-hybridized carbons (Fsp3) is 0.200. The van der Waals surface area contributed by atoms with Gasteiger partial charge in [0.05, 0.1) is 5.56 Å². The van der Waals surface area contributed by atoms with Crippen molar-refractivity contribution >= 4 is 34.5 Å². The largest absolute Gasteiger partial charge is 0.544 e. The molecule has 0 radical (unpaired) electrons. The fourth-order valence-corrected chi connectivity index (χ4v) is 1.46. The van der Waals surface area contributed by atoms with E-state index in [2.05, 4.69) is 4.74 Å². The Bertz CT molecular complexity index is 448. The van der Waals surface area contributed by atoms with Crippen LogP contribution in [0.15, 0.2) is 24.3 Å². The van der Waals surface area contributed by atoms with Crippen LogP contribution in [0.2, 0.25) is 0 Å². The van der Waals surface area contributed by atoms with Crippen molar-refractivity contribution in [2.75, 3.05) is 6.61 Å². The minimum atomic E-state index is -4.18. The molecule has 0 aliphatic carbocycles. The molecule has 0 amide bonds. The number of rotatable bonds is 4. The third-order valence-corrected chi connectivity index (χ3v) is 2.41. The predicted molar refractivity (Wildman–Crippen MR) is 59.4 cm³/mol. The Hall–Kier alpha value is -1.25. The van der Waals surface area contributed by atoms with Gasteiger partial charge in [0.1, 0.15) is 5.97 Å². The van der Waals surface area contributed by atoms with Crippen LogP contribution in [0.1, 0.15) is 10.4 Å². The van der Waals surface area contributed by atoms with Gasteiger partial charge in [-0.2, -0.15) is 8.78 Å². The molecular weight excluding hydrogens is 349 g/mol. The molecule has 92 valence electrons. The van der Waals surface area contributed by atoms with Crippen molar-refractivity contribution in [2.24, 2.45) is 0 Å². The van der Waals surface area contributed by atoms with Crippen LogP contribution in [-0.4, -0.2) is 24.5 Å². The van der Waals surface area contributed by atoms with Crippen LogP contribution in [0.4, 0.5) is 8.78 Å². The summed E-state index contributed by atoms with van der Waals surface area (Å²) in [6.07, 6.45) is 0. The Balaban J connectivity index is 2.65. The lowest BCUT2D eigenvalue weighted by atomic mass is 10.2. The first kappa shape index (κ1) is 13.8. The number of benzene rings is 1. The highest BCUT2D eigenvalue weighted by molar-refractivity contribution is 14.1. The van der Waals surface area contributed by atoms with Crippen molar-refractivity contribution in [3.63, 3.8) is 0 Å². The Morgan fingerprint density at radius 2 is 2.06 bits per heavy atom. The van der Waals surface area contributed by atoms with E-state index >= 15 is 0 Å². The van der Waals surface area contributed by atoms with Gasteiger partial charge in [0, 0.05) is 3.57 Å². The second-order valence-electron chi connectivity index (χ2n) is 3.08. The van der Waals surface area contributed by atoms with Gasteiger partial charge in [-0.15, -0.1) is 0 Å². The number of carboxylic acids is 1. The van der Waals surface area contributed by atoms with Crippen LogP contribution in [0.3, 0.4) is 0 Å². The Morgan fingerprint density at radius 1 is 1.41 bits per heavy atom. The number of aliphatic carboxylic acids is 1. The van der Waals surface area contributed by atoms with Gasteiger partial charge in [0.2, 0.25) is 0 Å². The van der Waals surface area contributed by atoms with Crippen LogP contribution >= 0.6 is 22.6 Å². The first-order valence-electron chi connectivity index (χ1n) is 4.35. The highest BCUT2D eigenvalue weighted by Crippen LogP contribution is 2.14. The summed E-state index contributed by atoms with van der Waals surface area (Å²) in [5.41, 5.74) is 0.0750. The molecule has 7 heteroatoms. The smallest absolute Gasteiger partial charge is 0.338 e. The van der Waals surface area contributed by atoms with E-state index in [1.807, 2.05) is 22.6 Å². The van der Waals surface area contributed by atoms with E-state index in [0.29, 0.717) is 0 Å². The van der Waals surface area contributed by atoms with E-state index in [4.69, 9.17) is 0 Å². The summed E-state index contributed by atoms with van der Waals surface area (Å²) in [6, 6.07) is 6.06. The van der Waals surface area contributed by atoms with E-state index < -0.39 is 24.5 Å². The molecule has 0 saturated heterocycles. The van der Waals surface area contributed by atoms with E-state index in [1.54, 1.807) is 12.1 Å². The molecule has 0 unspecified atom stereocenters. The van der Waals surface area contributed by atoms with Crippen LogP contribution < -0.4 is 5.11 Å². The van der Waals surface area contributed by atoms with E-state index in [1.165, 1.54) is 12.1 Å². The van der Waals surface area contributed by atoms with Crippen molar-refractivity contribution in [3.05, 3.63) is 33.4 Å². The molecule has 0 aromatic heterocycles. The molecule has 1 rings (SSSR count). The van der Waals surface area contributed by atoms with Gasteiger partial charge in [0.15, 0.2) is 6.61 Å². The van der Waals surface area contributed by atoms with E-state index in [-0.39, 0.29) is 5.56 Å². The number of halogens is 3. The van der Waals surface area contributed by atoms with Crippen LogP contribution in [0.5, 0.6) is 0 Å². The summed E-state index contributed by atoms with van der Waals surface area (Å²) in [5, 5.41) is 9.97. The van der Waals surface area contributed by atoms with Crippen molar-refractivity contribution in [1.29, 1.82) is 0 Å². The summed E-state index contributed by atoms with van der Waals surface area (Å²) in [6.45, 7) is -1.54. The number of ether oxygens (including phenoxy) is 1. The maximum atomic E-state index is 12.6. The molecule has 0 spiro atoms. The molecule has 0 N–H and O–H groups in total. The minimum Gasteiger partial charge on any atom is -0.544 e. The first-order valence-corrected chi connectivity index (χ1v) is 5.43. The second-order valence-corrected chi connectivity index (χ2v) is 4.32. The third-order valence-electron chi connectivity index (χ3n) is 1.74. The highest BCUT2D eigenvalue weighted by Gasteiger charge is 2.33. The quantitative estimate of drug-likeness (QED) is 0.593. The van der Waals surface area contributed by atoms with Gasteiger partial charge in [0.25, 0.3) is 0 Å². The zero-order valence-corrected chi connectivity index (χ0v) is 10.4. The highest BCUT2D eigenvalue weighted by atomic mass is 127. The summed E-state index contributed by atoms with van der Waals surface area (Å²) in [5.74, 6) is -7.77. The van der Waals surface area contributed by atoms with Crippen LogP contribution in [0, 0.1) is 3.57 Å². The van der Waals surface area contributed by atoms with Gasteiger partial charge in [-0.25, -0.2) is 4.79 Å². The molecule has 0 atom stereocenters. The molecule has 0 fully saturated rings. The maximum Gasteiger partial charge on any atom is 0.338 e. The molecule has 1 aromatic rings. The number of carbonyl (C=O) groups is 2. The first-order chi connectivity index (χ1) is 7.83. The monoisotopic (exact) mass is 355 g/mol. The lowest BCUT2D eigenvalue weighted by Crippen LogP contribution is -2.45. The molecule has 0 bridgehead atoms. The van der Waals surface area contributed by atoms with Gasteiger partial charge in [-0.05, 0) is 40.8 Å². The standard InChI is InChI=1S/C10H7F2IO4/c11-10(12,9(15)16)5-17-8(14)6-2-1-3-7(13)4-6/h1-4H,5H2,(H,15,16)/p-1. The molecule has 1 aromatic carbocycles. The van der Waals surface area contributed by atoms with E-state index in [0.717, 1.165) is 3.57 Å². The number of carbonyl (C=O) groups excluding carboxylic acids is 2. The van der Waals surface area contributed by atoms with Gasteiger partial charge < -0.3 is 14.6 Å². The molecular formula is C10H6F2IO4-. The number of carboxylic acid groups (broad SMARTS) is 1. The second kappa shape index (κ2) is 5.39. The lowest BCUT2D eigenvalue weighted by Gasteiger charge is -2.16. The minimum absolute atomic E-state index is 0.0750. The van der Waals surface area contributed by atoms with Gasteiger partial charge in [-0.1, -0.05) is 6.07 Å². The molecule has 4 nitrogen and oxygen atoms in total. The Morgan fingerprint density at radius 3 is 2.59 bits per heavy atom. The molecule has 0 aliphatic rings. The number of hydrogen-bond donors (Lipinski definition) is 0. The zero-order chi connectivity index (χ0) is 13.1. The molecule has 0 saturated carbocycles. The summed E-state index contributed by atoms with van der Waals surface area (Å²) >= 11 is 1.93. The van der Waals surface area contributed by atoms with Gasteiger partial charge in [-0.3, -0.25) is 0 Å². The topological polar surface area (TPSA) is 66.4 Å². The van der Waals surface area contributed by atoms with Crippen molar-refractivity contribution in [2.45, 2.75) is 5.92 Å². The van der Waals surface area contributed by atoms with Crippen molar-refractivity contribution in [1.82, 2.24) is 0 Å². The lowest BCUT2D eigenvalue weighted by molar-refractivity contribution is -0.331. The van der Waals surface area contributed by atoms with E-state index in [9.17, 15) is 23.5 Å². The zero-order valence-electron chi connectivity index (χ0n) is 8.28. The Kier molecular flexibility index (Phi) is 4.38. The van der Waals surface area contributed by atoms with Gasteiger partial charge >= 0.3 is 11.9 Å². The molecule has 17 heavy (non-hydrogen) atoms. The SMILES string of the molecule is O=C(OCC(F)(F)C(=O)[O-])c1cccc(I)c1. The van der Waals surface area contributed by atoms with Crippen molar-refractivity contribution in [3.8, 4) is 0 Å². The number of alkyl halides is 2. The summed E-state index contributed by atoms with van der Waals surface area (Å²) in [7, 11) is 0. The number of esters is 1. The summed E-state index contributed by atoms with van der Waals surface area (Å²) in [4.78, 5) is 21.3.